The van der Waals surface area contributed by atoms with Crippen LogP contribution in [0.5, 0.6) is 0 Å². The third kappa shape index (κ3) is 4.46. The van der Waals surface area contributed by atoms with Crippen molar-refractivity contribution in [2.24, 2.45) is 0 Å². The maximum Gasteiger partial charge on any atom is 0.405 e. The van der Waals surface area contributed by atoms with Gasteiger partial charge in [0.1, 0.15) is 6.54 Å². The summed E-state index contributed by atoms with van der Waals surface area (Å²) in [6, 6.07) is 7.34. The van der Waals surface area contributed by atoms with E-state index in [4.69, 9.17) is 0 Å². The monoisotopic (exact) mass is 392 g/mol. The number of nitrogens with one attached hydrogen (secondary N) is 2. The number of carbonyl (C=O) groups excluding carboxylic acids is 2. The highest BCUT2D eigenvalue weighted by Gasteiger charge is 2.45. The molecule has 0 radical (unpaired) electrons. The molecule has 0 atom stereocenters. The molecule has 2 N–H and O–H groups in total. The van der Waals surface area contributed by atoms with Gasteiger partial charge < -0.3 is 10.6 Å². The number of amides is 2. The summed E-state index contributed by atoms with van der Waals surface area (Å²) in [5.74, 6) is -1.19. The zero-order valence-corrected chi connectivity index (χ0v) is 13.8. The number of hydrogen-bond donors (Lipinski definition) is 2. The van der Waals surface area contributed by atoms with Gasteiger partial charge in [-0.15, -0.1) is 0 Å². The first-order valence-corrected chi connectivity index (χ1v) is 7.90. The van der Waals surface area contributed by atoms with E-state index in [1.54, 1.807) is 5.32 Å². The van der Waals surface area contributed by atoms with Crippen molar-refractivity contribution in [2.45, 2.75) is 30.9 Å². The van der Waals surface area contributed by atoms with Gasteiger partial charge in [-0.1, -0.05) is 34.5 Å². The number of carbonyl (C=O) groups is 2. The summed E-state index contributed by atoms with van der Waals surface area (Å²) in [5, 5.41) is 4.17. The van der Waals surface area contributed by atoms with Crippen LogP contribution in [0.2, 0.25) is 0 Å². The molecule has 0 aromatic heterocycles. The van der Waals surface area contributed by atoms with E-state index in [-0.39, 0.29) is 5.91 Å². The lowest BCUT2D eigenvalue weighted by Gasteiger charge is -2.40. The standard InChI is InChI=1S/C15H16BrF3N2O2/c16-11-4-2-10(3-5-11)14(6-1-7-14)13(23)20-8-12(22)21-9-15(17,18)19/h2-5H,1,6-9H2,(H,20,23)(H,21,22). The average molecular weight is 393 g/mol. The van der Waals surface area contributed by atoms with Gasteiger partial charge >= 0.3 is 6.18 Å². The first-order valence-electron chi connectivity index (χ1n) is 7.11. The topological polar surface area (TPSA) is 58.2 Å². The van der Waals surface area contributed by atoms with E-state index in [0.29, 0.717) is 12.8 Å². The third-order valence-corrected chi connectivity index (χ3v) is 4.46. The van der Waals surface area contributed by atoms with Crippen LogP contribution in [-0.4, -0.2) is 31.1 Å². The second kappa shape index (κ2) is 6.90. The molecule has 0 saturated heterocycles. The predicted molar refractivity (Wildman–Crippen MR) is 81.7 cm³/mol. The Balaban J connectivity index is 1.93. The molecule has 126 valence electrons. The predicted octanol–water partition coefficient (Wildman–Crippen LogP) is 2.67. The Hall–Kier alpha value is -1.57. The van der Waals surface area contributed by atoms with Gasteiger partial charge in [0.2, 0.25) is 11.8 Å². The van der Waals surface area contributed by atoms with E-state index in [1.807, 2.05) is 24.3 Å². The van der Waals surface area contributed by atoms with Crippen molar-refractivity contribution in [3.8, 4) is 0 Å². The molecule has 4 nitrogen and oxygen atoms in total. The third-order valence-electron chi connectivity index (χ3n) is 3.93. The van der Waals surface area contributed by atoms with Gasteiger partial charge in [-0.2, -0.15) is 13.2 Å². The van der Waals surface area contributed by atoms with Crippen LogP contribution in [0.15, 0.2) is 28.7 Å². The van der Waals surface area contributed by atoms with Crippen molar-refractivity contribution in [2.75, 3.05) is 13.1 Å². The summed E-state index contributed by atoms with van der Waals surface area (Å²) in [6.07, 6.45) is -2.26. The zero-order chi connectivity index (χ0) is 17.1. The van der Waals surface area contributed by atoms with E-state index < -0.39 is 30.6 Å². The largest absolute Gasteiger partial charge is 0.405 e. The molecule has 23 heavy (non-hydrogen) atoms. The van der Waals surface area contributed by atoms with Crippen LogP contribution in [0.3, 0.4) is 0 Å². The van der Waals surface area contributed by atoms with Gasteiger partial charge in [0.05, 0.1) is 12.0 Å². The number of rotatable bonds is 5. The number of hydrogen-bond acceptors (Lipinski definition) is 2. The highest BCUT2D eigenvalue weighted by Crippen LogP contribution is 2.44. The Kier molecular flexibility index (Phi) is 5.33. The molecule has 1 aliphatic carbocycles. The summed E-state index contributed by atoms with van der Waals surface area (Å²) in [4.78, 5) is 23.8. The van der Waals surface area contributed by atoms with E-state index in [9.17, 15) is 22.8 Å². The molecule has 8 heteroatoms. The summed E-state index contributed by atoms with van der Waals surface area (Å²) in [7, 11) is 0. The van der Waals surface area contributed by atoms with Crippen LogP contribution in [0, 0.1) is 0 Å². The number of halogens is 4. The lowest BCUT2D eigenvalue weighted by molar-refractivity contribution is -0.139. The highest BCUT2D eigenvalue weighted by atomic mass is 79.9. The van der Waals surface area contributed by atoms with E-state index in [0.717, 1.165) is 16.5 Å². The van der Waals surface area contributed by atoms with E-state index >= 15 is 0 Å². The summed E-state index contributed by atoms with van der Waals surface area (Å²) < 4.78 is 36.9. The minimum atomic E-state index is -4.47. The fraction of sp³-hybridized carbons (Fsp3) is 0.467. The van der Waals surface area contributed by atoms with Crippen molar-refractivity contribution in [1.82, 2.24) is 10.6 Å². The molecule has 0 aliphatic heterocycles. The molecule has 2 amide bonds. The van der Waals surface area contributed by atoms with Crippen LogP contribution in [0.25, 0.3) is 0 Å². The van der Waals surface area contributed by atoms with Crippen LogP contribution in [-0.2, 0) is 15.0 Å². The second-order valence-electron chi connectivity index (χ2n) is 5.52. The molecule has 0 heterocycles. The van der Waals surface area contributed by atoms with E-state index in [1.165, 1.54) is 0 Å². The van der Waals surface area contributed by atoms with Gasteiger partial charge in [0, 0.05) is 4.47 Å². The Labute approximate surface area is 139 Å². The van der Waals surface area contributed by atoms with Gasteiger partial charge in [0.25, 0.3) is 0 Å². The smallest absolute Gasteiger partial charge is 0.346 e. The highest BCUT2D eigenvalue weighted by molar-refractivity contribution is 9.10. The van der Waals surface area contributed by atoms with Crippen molar-refractivity contribution in [3.05, 3.63) is 34.3 Å². The van der Waals surface area contributed by atoms with Gasteiger partial charge in [0.15, 0.2) is 0 Å². The second-order valence-corrected chi connectivity index (χ2v) is 6.43. The van der Waals surface area contributed by atoms with Gasteiger partial charge in [-0.25, -0.2) is 0 Å². The van der Waals surface area contributed by atoms with Crippen LogP contribution >= 0.6 is 15.9 Å². The Morgan fingerprint density at radius 3 is 2.22 bits per heavy atom. The Morgan fingerprint density at radius 1 is 1.13 bits per heavy atom. The lowest BCUT2D eigenvalue weighted by Crippen LogP contribution is -2.51. The molecule has 0 unspecified atom stereocenters. The molecular weight excluding hydrogens is 377 g/mol. The molecule has 0 bridgehead atoms. The summed E-state index contributed by atoms with van der Waals surface area (Å²) in [6.45, 7) is -1.87. The quantitative estimate of drug-likeness (QED) is 0.809. The van der Waals surface area contributed by atoms with Crippen LogP contribution in [0.4, 0.5) is 13.2 Å². The average Bonchev–Trinajstić information content (AvgIpc) is 2.43. The Bertz CT molecular complexity index is 583. The molecular formula is C15H16BrF3N2O2. The molecule has 1 aliphatic rings. The first kappa shape index (κ1) is 17.8. The molecule has 2 rings (SSSR count). The minimum Gasteiger partial charge on any atom is -0.346 e. The van der Waals surface area contributed by atoms with Crippen molar-refractivity contribution in [1.29, 1.82) is 0 Å². The van der Waals surface area contributed by atoms with Crippen LogP contribution < -0.4 is 10.6 Å². The van der Waals surface area contributed by atoms with E-state index in [2.05, 4.69) is 21.2 Å². The zero-order valence-electron chi connectivity index (χ0n) is 12.2. The van der Waals surface area contributed by atoms with Crippen molar-refractivity contribution < 1.29 is 22.8 Å². The first-order chi connectivity index (χ1) is 10.7. The molecule has 1 saturated carbocycles. The fourth-order valence-electron chi connectivity index (χ4n) is 2.54. The minimum absolute atomic E-state index is 0.326. The Morgan fingerprint density at radius 2 is 1.74 bits per heavy atom. The normalized spacial score (nSPS) is 16.3. The molecule has 1 fully saturated rings. The maximum atomic E-state index is 12.4. The fourth-order valence-corrected chi connectivity index (χ4v) is 2.80. The summed E-state index contributed by atoms with van der Waals surface area (Å²) in [5.41, 5.74) is 0.158. The SMILES string of the molecule is O=C(CNC(=O)C1(c2ccc(Br)cc2)CCC1)NCC(F)(F)F. The van der Waals surface area contributed by atoms with Crippen molar-refractivity contribution in [3.63, 3.8) is 0 Å². The van der Waals surface area contributed by atoms with Crippen molar-refractivity contribution >= 4 is 27.7 Å². The van der Waals surface area contributed by atoms with Gasteiger partial charge in [-0.05, 0) is 30.5 Å². The summed E-state index contributed by atoms with van der Waals surface area (Å²) >= 11 is 3.33. The lowest BCUT2D eigenvalue weighted by atomic mass is 9.64. The molecule has 1 aromatic rings. The maximum absolute atomic E-state index is 12.4. The molecule has 0 spiro atoms. The molecule has 1 aromatic carbocycles. The van der Waals surface area contributed by atoms with Gasteiger partial charge in [-0.3, -0.25) is 9.59 Å². The number of alkyl halides is 3. The number of benzene rings is 1. The van der Waals surface area contributed by atoms with Crippen LogP contribution in [0.1, 0.15) is 24.8 Å².